The average Bonchev–Trinajstić information content (AvgIpc) is 2.48. The second kappa shape index (κ2) is 5.43. The molecule has 3 aromatic rings. The van der Waals surface area contributed by atoms with Crippen molar-refractivity contribution in [2.45, 2.75) is 12.5 Å². The third-order valence-corrected chi connectivity index (χ3v) is 3.56. The van der Waals surface area contributed by atoms with Gasteiger partial charge in [0, 0.05) is 12.0 Å². The van der Waals surface area contributed by atoms with Crippen LogP contribution in [0.1, 0.15) is 17.2 Å². The lowest BCUT2D eigenvalue weighted by molar-refractivity contribution is 0.174. The van der Waals surface area contributed by atoms with E-state index < -0.39 is 6.10 Å². The minimum atomic E-state index is -0.831. The van der Waals surface area contributed by atoms with Gasteiger partial charge in [0.15, 0.2) is 0 Å². The van der Waals surface area contributed by atoms with Gasteiger partial charge < -0.3 is 5.11 Å². The Morgan fingerprint density at radius 2 is 1.55 bits per heavy atom. The molecule has 0 amide bonds. The van der Waals surface area contributed by atoms with Crippen LogP contribution in [0.5, 0.6) is 0 Å². The van der Waals surface area contributed by atoms with Crippen LogP contribution in [0, 0.1) is 5.82 Å². The van der Waals surface area contributed by atoms with E-state index in [0.29, 0.717) is 12.0 Å². The van der Waals surface area contributed by atoms with E-state index in [0.717, 1.165) is 16.3 Å². The Morgan fingerprint density at radius 3 is 2.40 bits per heavy atom. The van der Waals surface area contributed by atoms with E-state index in [1.165, 1.54) is 6.07 Å². The Hall–Kier alpha value is -2.19. The van der Waals surface area contributed by atoms with Crippen LogP contribution in [0.2, 0.25) is 0 Å². The van der Waals surface area contributed by atoms with Gasteiger partial charge in [-0.1, -0.05) is 60.7 Å². The smallest absolute Gasteiger partial charge is 0.129 e. The first-order valence-corrected chi connectivity index (χ1v) is 6.65. The Kier molecular flexibility index (Phi) is 3.48. The van der Waals surface area contributed by atoms with E-state index in [1.54, 1.807) is 18.2 Å². The molecule has 20 heavy (non-hydrogen) atoms. The molecular weight excluding hydrogens is 251 g/mol. The molecule has 0 spiro atoms. The van der Waals surface area contributed by atoms with Crippen LogP contribution in [0.4, 0.5) is 4.39 Å². The van der Waals surface area contributed by atoms with Crippen molar-refractivity contribution in [3.8, 4) is 0 Å². The van der Waals surface area contributed by atoms with Gasteiger partial charge in [0.05, 0.1) is 6.10 Å². The molecule has 3 aromatic carbocycles. The quantitative estimate of drug-likeness (QED) is 0.751. The standard InChI is InChI=1S/C18H15FO/c19-17-11-4-3-10-16(17)18(20)12-14-8-5-7-13-6-1-2-9-15(13)14/h1-11,18,20H,12H2. The summed E-state index contributed by atoms with van der Waals surface area (Å²) >= 11 is 0. The van der Waals surface area contributed by atoms with E-state index in [4.69, 9.17) is 0 Å². The van der Waals surface area contributed by atoms with Crippen LogP contribution < -0.4 is 0 Å². The molecule has 0 bridgehead atoms. The fourth-order valence-electron chi connectivity index (χ4n) is 2.53. The first kappa shape index (κ1) is 12.8. The van der Waals surface area contributed by atoms with Gasteiger partial charge >= 0.3 is 0 Å². The van der Waals surface area contributed by atoms with Crippen molar-refractivity contribution < 1.29 is 9.50 Å². The molecule has 0 radical (unpaired) electrons. The fourth-order valence-corrected chi connectivity index (χ4v) is 2.53. The molecule has 1 unspecified atom stereocenters. The van der Waals surface area contributed by atoms with Crippen LogP contribution in [0.25, 0.3) is 10.8 Å². The SMILES string of the molecule is OC(Cc1cccc2ccccc12)c1ccccc1F. The van der Waals surface area contributed by atoms with Gasteiger partial charge in [-0.2, -0.15) is 0 Å². The highest BCUT2D eigenvalue weighted by Crippen LogP contribution is 2.25. The molecule has 2 heteroatoms. The molecule has 100 valence electrons. The van der Waals surface area contributed by atoms with Crippen LogP contribution in [0.15, 0.2) is 66.7 Å². The molecule has 1 N–H and O–H groups in total. The zero-order valence-electron chi connectivity index (χ0n) is 11.0. The lowest BCUT2D eigenvalue weighted by Crippen LogP contribution is -2.04. The van der Waals surface area contributed by atoms with Crippen molar-refractivity contribution >= 4 is 10.8 Å². The largest absolute Gasteiger partial charge is 0.388 e. The Bertz CT molecular complexity index is 731. The van der Waals surface area contributed by atoms with E-state index >= 15 is 0 Å². The molecule has 0 aliphatic heterocycles. The minimum absolute atomic E-state index is 0.348. The van der Waals surface area contributed by atoms with E-state index in [-0.39, 0.29) is 5.82 Å². The molecule has 0 heterocycles. The first-order chi connectivity index (χ1) is 9.75. The summed E-state index contributed by atoms with van der Waals surface area (Å²) in [5.41, 5.74) is 1.37. The Balaban J connectivity index is 1.96. The number of hydrogen-bond donors (Lipinski definition) is 1. The zero-order chi connectivity index (χ0) is 13.9. The van der Waals surface area contributed by atoms with Crippen molar-refractivity contribution in [1.82, 2.24) is 0 Å². The minimum Gasteiger partial charge on any atom is -0.388 e. The lowest BCUT2D eigenvalue weighted by Gasteiger charge is -2.13. The summed E-state index contributed by atoms with van der Waals surface area (Å²) in [6.45, 7) is 0. The highest BCUT2D eigenvalue weighted by molar-refractivity contribution is 5.85. The van der Waals surface area contributed by atoms with Crippen molar-refractivity contribution in [3.05, 3.63) is 83.7 Å². The molecule has 0 aliphatic carbocycles. The average molecular weight is 266 g/mol. The third-order valence-electron chi connectivity index (χ3n) is 3.56. The normalized spacial score (nSPS) is 12.5. The van der Waals surface area contributed by atoms with Gasteiger partial charge in [-0.3, -0.25) is 0 Å². The fraction of sp³-hybridized carbons (Fsp3) is 0.111. The predicted octanol–water partition coefficient (Wildman–Crippen LogP) is 4.26. The van der Waals surface area contributed by atoms with Crippen LogP contribution in [0.3, 0.4) is 0 Å². The number of rotatable bonds is 3. The number of hydrogen-bond acceptors (Lipinski definition) is 1. The highest BCUT2D eigenvalue weighted by Gasteiger charge is 2.14. The van der Waals surface area contributed by atoms with E-state index in [1.807, 2.05) is 42.5 Å². The molecule has 0 aromatic heterocycles. The van der Waals surface area contributed by atoms with Gasteiger partial charge in [-0.25, -0.2) is 4.39 Å². The Morgan fingerprint density at radius 1 is 0.850 bits per heavy atom. The second-order valence-electron chi connectivity index (χ2n) is 4.88. The van der Waals surface area contributed by atoms with Crippen LogP contribution >= 0.6 is 0 Å². The summed E-state index contributed by atoms with van der Waals surface area (Å²) in [4.78, 5) is 0. The van der Waals surface area contributed by atoms with Crippen molar-refractivity contribution in [2.75, 3.05) is 0 Å². The van der Waals surface area contributed by atoms with Gasteiger partial charge in [-0.15, -0.1) is 0 Å². The van der Waals surface area contributed by atoms with Gasteiger partial charge in [-0.05, 0) is 22.4 Å². The highest BCUT2D eigenvalue weighted by atomic mass is 19.1. The first-order valence-electron chi connectivity index (χ1n) is 6.65. The molecule has 0 fully saturated rings. The topological polar surface area (TPSA) is 20.2 Å². The molecule has 0 saturated carbocycles. The maximum atomic E-state index is 13.7. The predicted molar refractivity (Wildman–Crippen MR) is 79.0 cm³/mol. The molecule has 0 saturated heterocycles. The third kappa shape index (κ3) is 2.43. The van der Waals surface area contributed by atoms with E-state index in [2.05, 4.69) is 0 Å². The molecule has 0 aliphatic rings. The summed E-state index contributed by atoms with van der Waals surface area (Å²) in [5.74, 6) is -0.361. The van der Waals surface area contributed by atoms with E-state index in [9.17, 15) is 9.50 Å². The van der Waals surface area contributed by atoms with Crippen molar-refractivity contribution in [2.24, 2.45) is 0 Å². The van der Waals surface area contributed by atoms with Gasteiger partial charge in [0.2, 0.25) is 0 Å². The molecular formula is C18H15FO. The lowest BCUT2D eigenvalue weighted by atomic mass is 9.96. The summed E-state index contributed by atoms with van der Waals surface area (Å²) in [7, 11) is 0. The summed E-state index contributed by atoms with van der Waals surface area (Å²) in [5, 5.41) is 12.5. The number of aliphatic hydroxyl groups excluding tert-OH is 1. The summed E-state index contributed by atoms with van der Waals surface area (Å²) in [6, 6.07) is 20.4. The second-order valence-corrected chi connectivity index (χ2v) is 4.88. The Labute approximate surface area is 117 Å². The number of benzene rings is 3. The number of halogens is 1. The van der Waals surface area contributed by atoms with Crippen LogP contribution in [-0.2, 0) is 6.42 Å². The van der Waals surface area contributed by atoms with Crippen LogP contribution in [-0.4, -0.2) is 5.11 Å². The summed E-state index contributed by atoms with van der Waals surface area (Å²) < 4.78 is 13.7. The maximum absolute atomic E-state index is 13.7. The molecule has 3 rings (SSSR count). The van der Waals surface area contributed by atoms with Crippen molar-refractivity contribution in [1.29, 1.82) is 0 Å². The van der Waals surface area contributed by atoms with Gasteiger partial charge in [0.25, 0.3) is 0 Å². The molecule has 1 atom stereocenters. The summed E-state index contributed by atoms with van der Waals surface area (Å²) in [6.07, 6.45) is -0.426. The molecule has 1 nitrogen and oxygen atoms in total. The monoisotopic (exact) mass is 266 g/mol. The zero-order valence-corrected chi connectivity index (χ0v) is 11.0. The van der Waals surface area contributed by atoms with Crippen molar-refractivity contribution in [3.63, 3.8) is 0 Å². The number of fused-ring (bicyclic) bond motifs is 1. The van der Waals surface area contributed by atoms with Gasteiger partial charge in [0.1, 0.15) is 5.82 Å². The maximum Gasteiger partial charge on any atom is 0.129 e. The number of aliphatic hydroxyl groups is 1.